The van der Waals surface area contributed by atoms with Crippen LogP contribution in [-0.2, 0) is 20.4 Å². The van der Waals surface area contributed by atoms with E-state index >= 15 is 0 Å². The number of halogens is 1. The van der Waals surface area contributed by atoms with E-state index in [-0.39, 0.29) is 35.0 Å². The number of rotatable bonds is 10. The first-order chi connectivity index (χ1) is 17.1. The molecular formula is C20H25ClN8O6S. The van der Waals surface area contributed by atoms with Crippen LogP contribution >= 0.6 is 11.6 Å². The van der Waals surface area contributed by atoms with Crippen LogP contribution in [0, 0.1) is 0 Å². The molecule has 3 heterocycles. The summed E-state index contributed by atoms with van der Waals surface area (Å²) < 4.78 is 46.8. The molecule has 4 rings (SSSR count). The quantitative estimate of drug-likeness (QED) is 0.378. The van der Waals surface area contributed by atoms with Gasteiger partial charge in [0, 0.05) is 19.5 Å². The second kappa shape index (κ2) is 10.1. The zero-order chi connectivity index (χ0) is 26.1. The fraction of sp³-hybridized carbons (Fsp3) is 0.500. The molecule has 0 spiro atoms. The van der Waals surface area contributed by atoms with Crippen molar-refractivity contribution in [3.05, 3.63) is 35.4 Å². The Morgan fingerprint density at radius 2 is 1.69 bits per heavy atom. The Kier molecular flexibility index (Phi) is 7.26. The Morgan fingerprint density at radius 1 is 1.08 bits per heavy atom. The van der Waals surface area contributed by atoms with Crippen molar-refractivity contribution < 1.29 is 27.7 Å². The van der Waals surface area contributed by atoms with Crippen LogP contribution in [0.5, 0.6) is 11.8 Å². The lowest BCUT2D eigenvalue weighted by molar-refractivity contribution is -0.0481. The second-order valence-corrected chi connectivity index (χ2v) is 10.6. The number of methoxy groups -OCH3 is 3. The Labute approximate surface area is 212 Å². The van der Waals surface area contributed by atoms with E-state index in [0.717, 1.165) is 6.42 Å². The van der Waals surface area contributed by atoms with Crippen LogP contribution < -0.4 is 14.2 Å². The first kappa shape index (κ1) is 25.9. The molecule has 0 unspecified atom stereocenters. The lowest BCUT2D eigenvalue weighted by atomic mass is 9.79. The van der Waals surface area contributed by atoms with E-state index in [0.29, 0.717) is 17.9 Å². The Morgan fingerprint density at radius 3 is 2.19 bits per heavy atom. The molecule has 0 aromatic carbocycles. The summed E-state index contributed by atoms with van der Waals surface area (Å²) in [6.07, 6.45) is 4.47. The maximum Gasteiger partial charge on any atom is 0.245 e. The van der Waals surface area contributed by atoms with Gasteiger partial charge in [0.05, 0.1) is 19.2 Å². The van der Waals surface area contributed by atoms with E-state index in [9.17, 15) is 13.5 Å². The molecule has 0 aliphatic heterocycles. The highest BCUT2D eigenvalue weighted by Crippen LogP contribution is 2.43. The zero-order valence-electron chi connectivity index (χ0n) is 19.9. The summed E-state index contributed by atoms with van der Waals surface area (Å²) in [4.78, 5) is 16.3. The molecule has 0 saturated heterocycles. The number of aliphatic hydroxyl groups is 1. The van der Waals surface area contributed by atoms with Gasteiger partial charge in [-0.1, -0.05) is 11.6 Å². The second-order valence-electron chi connectivity index (χ2n) is 8.08. The van der Waals surface area contributed by atoms with Crippen LogP contribution in [0.2, 0.25) is 5.02 Å². The fourth-order valence-electron chi connectivity index (χ4n) is 3.80. The van der Waals surface area contributed by atoms with Crippen molar-refractivity contribution in [3.8, 4) is 17.4 Å². The summed E-state index contributed by atoms with van der Waals surface area (Å²) in [6.45, 7) is 1.43. The highest BCUT2D eigenvalue weighted by atomic mass is 35.5. The van der Waals surface area contributed by atoms with Gasteiger partial charge in [-0.25, -0.2) is 18.4 Å². The van der Waals surface area contributed by atoms with Gasteiger partial charge >= 0.3 is 0 Å². The normalized spacial score (nSPS) is 16.6. The average Bonchev–Trinajstić information content (AvgIpc) is 3.25. The smallest absolute Gasteiger partial charge is 0.245 e. The summed E-state index contributed by atoms with van der Waals surface area (Å²) >= 11 is 5.85. The standard InChI is InChI=1S/C20H25ClN8O6S/c1-11(14(33-2)15-22-8-12(21)9-23-15)36(31,32)28-19-27-26-18(20(30)6-5-7-20)29(19)13-16(34-3)24-10-25-17(13)35-4/h8-11,14,30H,5-7H2,1-4H3,(H,27,28)/t11-,14-/m0/s1. The zero-order valence-corrected chi connectivity index (χ0v) is 21.5. The molecule has 3 aromatic rings. The summed E-state index contributed by atoms with van der Waals surface area (Å²) in [7, 11) is -0.0762. The minimum Gasteiger partial charge on any atom is -0.479 e. The number of nitrogens with zero attached hydrogens (tertiary/aromatic N) is 7. The minimum absolute atomic E-state index is 0.0589. The minimum atomic E-state index is -4.19. The Hall–Kier alpha value is -3.14. The van der Waals surface area contributed by atoms with Gasteiger partial charge in [-0.15, -0.1) is 10.2 Å². The molecule has 0 bridgehead atoms. The third-order valence-corrected chi connectivity index (χ3v) is 7.81. The topological polar surface area (TPSA) is 176 Å². The van der Waals surface area contributed by atoms with Crippen LogP contribution in [0.1, 0.15) is 43.9 Å². The molecule has 2 atom stereocenters. The molecule has 0 radical (unpaired) electrons. The van der Waals surface area contributed by atoms with Crippen LogP contribution in [-0.4, -0.2) is 74.8 Å². The van der Waals surface area contributed by atoms with E-state index < -0.39 is 27.0 Å². The van der Waals surface area contributed by atoms with Crippen LogP contribution in [0.4, 0.5) is 5.95 Å². The molecule has 1 saturated carbocycles. The van der Waals surface area contributed by atoms with Gasteiger partial charge in [-0.2, -0.15) is 9.97 Å². The van der Waals surface area contributed by atoms with Crippen molar-refractivity contribution in [3.63, 3.8) is 0 Å². The number of anilines is 1. The number of nitrogens with one attached hydrogen (secondary N) is 1. The molecule has 3 aromatic heterocycles. The molecule has 2 N–H and O–H groups in total. The predicted octanol–water partition coefficient (Wildman–Crippen LogP) is 1.41. The molecule has 1 fully saturated rings. The summed E-state index contributed by atoms with van der Waals surface area (Å²) in [5.41, 5.74) is -1.21. The van der Waals surface area contributed by atoms with Crippen molar-refractivity contribution in [1.82, 2.24) is 34.7 Å². The lowest BCUT2D eigenvalue weighted by Gasteiger charge is -2.35. The van der Waals surface area contributed by atoms with Gasteiger partial charge in [0.25, 0.3) is 0 Å². The van der Waals surface area contributed by atoms with Gasteiger partial charge < -0.3 is 19.3 Å². The Bertz CT molecular complexity index is 1310. The van der Waals surface area contributed by atoms with E-state index in [1.165, 1.54) is 51.5 Å². The van der Waals surface area contributed by atoms with Crippen molar-refractivity contribution in [1.29, 1.82) is 0 Å². The highest BCUT2D eigenvalue weighted by molar-refractivity contribution is 7.93. The maximum absolute atomic E-state index is 13.5. The van der Waals surface area contributed by atoms with Crippen LogP contribution in [0.15, 0.2) is 18.7 Å². The molecule has 1 aliphatic carbocycles. The number of sulfonamides is 1. The van der Waals surface area contributed by atoms with Crippen LogP contribution in [0.25, 0.3) is 5.69 Å². The summed E-state index contributed by atoms with van der Waals surface area (Å²) in [5, 5.41) is 18.4. The monoisotopic (exact) mass is 540 g/mol. The van der Waals surface area contributed by atoms with E-state index in [1.807, 2.05) is 0 Å². The largest absolute Gasteiger partial charge is 0.479 e. The molecule has 16 heteroatoms. The molecule has 14 nitrogen and oxygen atoms in total. The molecule has 1 aliphatic rings. The maximum atomic E-state index is 13.5. The number of hydrogen-bond acceptors (Lipinski definition) is 12. The number of hydrogen-bond donors (Lipinski definition) is 2. The predicted molar refractivity (Wildman–Crippen MR) is 127 cm³/mol. The highest BCUT2D eigenvalue weighted by Gasteiger charge is 2.44. The van der Waals surface area contributed by atoms with E-state index in [4.69, 9.17) is 25.8 Å². The van der Waals surface area contributed by atoms with Gasteiger partial charge in [0.1, 0.15) is 23.3 Å². The van der Waals surface area contributed by atoms with Gasteiger partial charge in [-0.05, 0) is 26.2 Å². The van der Waals surface area contributed by atoms with Crippen molar-refractivity contribution in [2.45, 2.75) is 43.1 Å². The van der Waals surface area contributed by atoms with Gasteiger partial charge in [0.15, 0.2) is 17.3 Å². The molecule has 194 valence electrons. The van der Waals surface area contributed by atoms with Gasteiger partial charge in [0.2, 0.25) is 27.7 Å². The SMILES string of the molecule is COc1ncnc(OC)c1-n1c(NS(=O)(=O)[C@@H](C)[C@H](OC)c2ncc(Cl)cn2)nnc1C1(O)CCC1. The van der Waals surface area contributed by atoms with Crippen molar-refractivity contribution >= 4 is 27.6 Å². The lowest BCUT2D eigenvalue weighted by Crippen LogP contribution is -2.37. The summed E-state index contributed by atoms with van der Waals surface area (Å²) in [5.74, 6) is 0.114. The van der Waals surface area contributed by atoms with Crippen molar-refractivity contribution in [2.75, 3.05) is 26.1 Å². The van der Waals surface area contributed by atoms with E-state index in [1.54, 1.807) is 0 Å². The van der Waals surface area contributed by atoms with Crippen molar-refractivity contribution in [2.24, 2.45) is 0 Å². The summed E-state index contributed by atoms with van der Waals surface area (Å²) in [6, 6.07) is 0. The molecular weight excluding hydrogens is 516 g/mol. The number of aromatic nitrogens is 7. The number of ether oxygens (including phenoxy) is 3. The van der Waals surface area contributed by atoms with E-state index in [2.05, 4.69) is 34.9 Å². The first-order valence-electron chi connectivity index (χ1n) is 10.8. The molecule has 0 amide bonds. The average molecular weight is 541 g/mol. The third kappa shape index (κ3) is 4.66. The van der Waals surface area contributed by atoms with Crippen LogP contribution in [0.3, 0.4) is 0 Å². The third-order valence-electron chi connectivity index (χ3n) is 5.92. The fourth-order valence-corrected chi connectivity index (χ4v) is 5.02. The van der Waals surface area contributed by atoms with Gasteiger partial charge in [-0.3, -0.25) is 9.29 Å². The Balaban J connectivity index is 1.79. The first-order valence-corrected chi connectivity index (χ1v) is 12.7. The molecule has 36 heavy (non-hydrogen) atoms.